The van der Waals surface area contributed by atoms with E-state index in [2.05, 4.69) is 29.8 Å². The molecule has 3 unspecified atom stereocenters. The van der Waals surface area contributed by atoms with Gasteiger partial charge in [-0.1, -0.05) is 77.1 Å². The van der Waals surface area contributed by atoms with Gasteiger partial charge in [-0.05, 0) is 41.6 Å². The number of rotatable bonds is 11. The zero-order chi connectivity index (χ0) is 27.9. The second-order valence-electron chi connectivity index (χ2n) is 11.8. The number of amides is 3. The van der Waals surface area contributed by atoms with Crippen molar-refractivity contribution in [2.45, 2.75) is 72.1 Å². The molecule has 3 rings (SSSR count). The predicted molar refractivity (Wildman–Crippen MR) is 150 cm³/mol. The Hall–Kier alpha value is -2.97. The van der Waals surface area contributed by atoms with Gasteiger partial charge in [-0.2, -0.15) is 0 Å². The van der Waals surface area contributed by atoms with Crippen LogP contribution in [0.15, 0.2) is 42.5 Å². The van der Waals surface area contributed by atoms with Gasteiger partial charge >= 0.3 is 0 Å². The van der Waals surface area contributed by atoms with Crippen LogP contribution in [-0.2, 0) is 20.8 Å². The van der Waals surface area contributed by atoms with Crippen LogP contribution in [0.4, 0.5) is 0 Å². The van der Waals surface area contributed by atoms with Crippen molar-refractivity contribution in [3.8, 4) is 0 Å². The molecule has 3 atom stereocenters. The van der Waals surface area contributed by atoms with Crippen LogP contribution in [0.1, 0.15) is 53.0 Å². The third-order valence-electron chi connectivity index (χ3n) is 6.79. The van der Waals surface area contributed by atoms with Gasteiger partial charge in [0.05, 0.1) is 6.10 Å². The van der Waals surface area contributed by atoms with Gasteiger partial charge < -0.3 is 26.0 Å². The van der Waals surface area contributed by atoms with Gasteiger partial charge in [-0.25, -0.2) is 0 Å². The lowest BCUT2D eigenvalue weighted by Gasteiger charge is -2.31. The van der Waals surface area contributed by atoms with Gasteiger partial charge in [0.25, 0.3) is 0 Å². The lowest BCUT2D eigenvalue weighted by atomic mass is 9.94. The molecule has 38 heavy (non-hydrogen) atoms. The van der Waals surface area contributed by atoms with Crippen molar-refractivity contribution in [1.82, 2.24) is 20.9 Å². The molecular formula is C30H44N4O4. The number of hydrogen-bond donors (Lipinski definition) is 4. The molecule has 0 bridgehead atoms. The standard InChI is InChI=1S/C30H44N4O4/c1-20(2)17-31-18-24(35)19-32-27(36)25(16-21-12-13-22-9-6-7-10-23(22)15-21)33-28(37)26-11-8-14-34(26)29(38)30(3,4)5/h6-7,9-10,12-13,15,20,24-26,31,35H,8,11,14,16-19H2,1-5H3,(H,32,36)(H,33,37). The number of carbonyl (C=O) groups excluding carboxylic acids is 3. The van der Waals surface area contributed by atoms with Crippen molar-refractivity contribution in [3.05, 3.63) is 48.0 Å². The zero-order valence-electron chi connectivity index (χ0n) is 23.4. The van der Waals surface area contributed by atoms with Crippen molar-refractivity contribution >= 4 is 28.5 Å². The SMILES string of the molecule is CC(C)CNCC(O)CNC(=O)C(Cc1ccc2ccccc2c1)NC(=O)C1CCCN1C(=O)C(C)(C)C. The minimum Gasteiger partial charge on any atom is -0.390 e. The number of fused-ring (bicyclic) bond motifs is 1. The first kappa shape index (κ1) is 29.6. The monoisotopic (exact) mass is 524 g/mol. The number of carbonyl (C=O) groups is 3. The van der Waals surface area contributed by atoms with Crippen LogP contribution in [0, 0.1) is 11.3 Å². The van der Waals surface area contributed by atoms with Crippen molar-refractivity contribution in [3.63, 3.8) is 0 Å². The Morgan fingerprint density at radius 3 is 2.42 bits per heavy atom. The molecule has 2 aromatic rings. The van der Waals surface area contributed by atoms with E-state index in [1.165, 1.54) is 0 Å². The Kier molecular flexibility index (Phi) is 10.3. The molecular weight excluding hydrogens is 480 g/mol. The van der Waals surface area contributed by atoms with Gasteiger partial charge in [0.1, 0.15) is 12.1 Å². The molecule has 1 saturated heterocycles. The summed E-state index contributed by atoms with van der Waals surface area (Å²) in [5, 5.41) is 21.4. The van der Waals surface area contributed by atoms with Crippen LogP contribution in [0.2, 0.25) is 0 Å². The highest BCUT2D eigenvalue weighted by molar-refractivity contribution is 5.93. The highest BCUT2D eigenvalue weighted by Gasteiger charge is 2.39. The first-order valence-electron chi connectivity index (χ1n) is 13.7. The molecule has 0 aliphatic carbocycles. The normalized spacial score (nSPS) is 17.4. The van der Waals surface area contributed by atoms with E-state index in [1.807, 2.05) is 63.2 Å². The molecule has 0 spiro atoms. The highest BCUT2D eigenvalue weighted by atomic mass is 16.3. The summed E-state index contributed by atoms with van der Waals surface area (Å²) in [7, 11) is 0. The average Bonchev–Trinajstić information content (AvgIpc) is 3.35. The molecule has 3 amide bonds. The first-order valence-corrected chi connectivity index (χ1v) is 13.7. The van der Waals surface area contributed by atoms with Crippen LogP contribution in [0.3, 0.4) is 0 Å². The fraction of sp³-hybridized carbons (Fsp3) is 0.567. The highest BCUT2D eigenvalue weighted by Crippen LogP contribution is 2.26. The van der Waals surface area contributed by atoms with E-state index >= 15 is 0 Å². The van der Waals surface area contributed by atoms with Crippen molar-refractivity contribution in [2.24, 2.45) is 11.3 Å². The predicted octanol–water partition coefficient (Wildman–Crippen LogP) is 2.63. The summed E-state index contributed by atoms with van der Waals surface area (Å²) in [5.41, 5.74) is 0.321. The molecule has 2 aromatic carbocycles. The third kappa shape index (κ3) is 8.27. The third-order valence-corrected chi connectivity index (χ3v) is 6.79. The van der Waals surface area contributed by atoms with E-state index in [1.54, 1.807) is 4.90 Å². The molecule has 0 radical (unpaired) electrons. The molecule has 1 fully saturated rings. The lowest BCUT2D eigenvalue weighted by Crippen LogP contribution is -2.55. The zero-order valence-corrected chi connectivity index (χ0v) is 23.4. The number of hydrogen-bond acceptors (Lipinski definition) is 5. The topological polar surface area (TPSA) is 111 Å². The largest absolute Gasteiger partial charge is 0.390 e. The van der Waals surface area contributed by atoms with Gasteiger partial charge in [-0.15, -0.1) is 0 Å². The fourth-order valence-electron chi connectivity index (χ4n) is 4.74. The molecule has 208 valence electrons. The van der Waals surface area contributed by atoms with Gasteiger partial charge in [0, 0.05) is 31.5 Å². The summed E-state index contributed by atoms with van der Waals surface area (Å²) in [4.78, 5) is 41.3. The summed E-state index contributed by atoms with van der Waals surface area (Å²) in [6.45, 7) is 11.5. The molecule has 1 aliphatic heterocycles. The van der Waals surface area contributed by atoms with E-state index in [0.717, 1.165) is 29.3 Å². The summed E-state index contributed by atoms with van der Waals surface area (Å²) >= 11 is 0. The number of aliphatic hydroxyl groups is 1. The Balaban J connectivity index is 1.73. The number of likely N-dealkylation sites (tertiary alicyclic amines) is 1. The van der Waals surface area contributed by atoms with Crippen LogP contribution in [0.25, 0.3) is 10.8 Å². The van der Waals surface area contributed by atoms with Crippen molar-refractivity contribution in [1.29, 1.82) is 0 Å². The van der Waals surface area contributed by atoms with Gasteiger partial charge in [0.2, 0.25) is 17.7 Å². The Labute approximate surface area is 226 Å². The Morgan fingerprint density at radius 2 is 1.74 bits per heavy atom. The maximum Gasteiger partial charge on any atom is 0.243 e. The van der Waals surface area contributed by atoms with Gasteiger partial charge in [0.15, 0.2) is 0 Å². The summed E-state index contributed by atoms with van der Waals surface area (Å²) < 4.78 is 0. The quantitative estimate of drug-likeness (QED) is 0.361. The lowest BCUT2D eigenvalue weighted by molar-refractivity contribution is -0.145. The fourth-order valence-corrected chi connectivity index (χ4v) is 4.74. The summed E-state index contributed by atoms with van der Waals surface area (Å²) in [5.74, 6) is -0.289. The molecule has 8 heteroatoms. The maximum absolute atomic E-state index is 13.4. The summed E-state index contributed by atoms with van der Waals surface area (Å²) in [6.07, 6.45) is 0.864. The van der Waals surface area contributed by atoms with Crippen LogP contribution < -0.4 is 16.0 Å². The molecule has 1 heterocycles. The molecule has 1 aliphatic rings. The number of aliphatic hydroxyl groups excluding tert-OH is 1. The van der Waals surface area contributed by atoms with Crippen molar-refractivity contribution in [2.75, 3.05) is 26.2 Å². The van der Waals surface area contributed by atoms with Crippen molar-refractivity contribution < 1.29 is 19.5 Å². The molecule has 4 N–H and O–H groups in total. The Morgan fingerprint density at radius 1 is 1.03 bits per heavy atom. The van der Waals surface area contributed by atoms with E-state index in [-0.39, 0.29) is 24.3 Å². The van der Waals surface area contributed by atoms with Crippen LogP contribution >= 0.6 is 0 Å². The summed E-state index contributed by atoms with van der Waals surface area (Å²) in [6, 6.07) is 12.5. The molecule has 0 aromatic heterocycles. The number of nitrogens with zero attached hydrogens (tertiary/aromatic N) is 1. The van der Waals surface area contributed by atoms with E-state index in [0.29, 0.717) is 31.8 Å². The Bertz CT molecular complexity index is 1110. The molecule has 0 saturated carbocycles. The molecule has 8 nitrogen and oxygen atoms in total. The second kappa shape index (κ2) is 13.2. The minimum absolute atomic E-state index is 0.0669. The van der Waals surface area contributed by atoms with Crippen LogP contribution in [0.5, 0.6) is 0 Å². The average molecular weight is 525 g/mol. The number of nitrogens with one attached hydrogen (secondary N) is 3. The van der Waals surface area contributed by atoms with E-state index in [4.69, 9.17) is 0 Å². The van der Waals surface area contributed by atoms with E-state index in [9.17, 15) is 19.5 Å². The number of benzene rings is 2. The second-order valence-corrected chi connectivity index (χ2v) is 11.8. The van der Waals surface area contributed by atoms with Crippen LogP contribution in [-0.4, -0.2) is 72.1 Å². The van der Waals surface area contributed by atoms with E-state index < -0.39 is 23.6 Å². The maximum atomic E-state index is 13.4. The smallest absolute Gasteiger partial charge is 0.243 e. The van der Waals surface area contributed by atoms with Gasteiger partial charge in [-0.3, -0.25) is 14.4 Å². The minimum atomic E-state index is -0.841. The first-order chi connectivity index (χ1) is 18.0.